The molecule has 3 aromatic rings. The Bertz CT molecular complexity index is 1090. The topological polar surface area (TPSA) is 94.8 Å². The minimum Gasteiger partial charge on any atom is -0.493 e. The fourth-order valence-electron chi connectivity index (χ4n) is 2.54. The van der Waals surface area contributed by atoms with Gasteiger partial charge in [0.25, 0.3) is 5.91 Å². The molecular formula is C20H19NO6S. The van der Waals surface area contributed by atoms with Crippen molar-refractivity contribution in [3.63, 3.8) is 0 Å². The molecule has 7 nitrogen and oxygen atoms in total. The van der Waals surface area contributed by atoms with E-state index in [0.29, 0.717) is 17.3 Å². The number of anilines is 1. The SMILES string of the molecule is COc1ccccc1OCc1ccc(C(=O)Nc2ccccc2S(C)(=O)=O)o1. The molecule has 1 heterocycles. The summed E-state index contributed by atoms with van der Waals surface area (Å²) in [4.78, 5) is 12.5. The lowest BCUT2D eigenvalue weighted by Crippen LogP contribution is -2.13. The molecule has 1 amide bonds. The Morgan fingerprint density at radius 3 is 2.39 bits per heavy atom. The molecule has 146 valence electrons. The van der Waals surface area contributed by atoms with Crippen LogP contribution in [0.1, 0.15) is 16.3 Å². The Morgan fingerprint density at radius 2 is 1.68 bits per heavy atom. The van der Waals surface area contributed by atoms with Crippen LogP contribution in [0.5, 0.6) is 11.5 Å². The quantitative estimate of drug-likeness (QED) is 0.651. The Morgan fingerprint density at radius 1 is 1.00 bits per heavy atom. The van der Waals surface area contributed by atoms with Gasteiger partial charge in [-0.15, -0.1) is 0 Å². The zero-order valence-electron chi connectivity index (χ0n) is 15.3. The molecule has 0 unspecified atom stereocenters. The van der Waals surface area contributed by atoms with Gasteiger partial charge in [-0.2, -0.15) is 0 Å². The van der Waals surface area contributed by atoms with E-state index in [4.69, 9.17) is 13.9 Å². The maximum absolute atomic E-state index is 12.4. The molecule has 0 aliphatic rings. The van der Waals surface area contributed by atoms with E-state index in [9.17, 15) is 13.2 Å². The van der Waals surface area contributed by atoms with Gasteiger partial charge < -0.3 is 19.2 Å². The Labute approximate surface area is 162 Å². The summed E-state index contributed by atoms with van der Waals surface area (Å²) in [6.45, 7) is 0.105. The lowest BCUT2D eigenvalue weighted by molar-refractivity contribution is 0.0992. The highest BCUT2D eigenvalue weighted by atomic mass is 32.2. The number of furan rings is 1. The van der Waals surface area contributed by atoms with Crippen LogP contribution in [0.4, 0.5) is 5.69 Å². The van der Waals surface area contributed by atoms with Crippen LogP contribution in [0.3, 0.4) is 0 Å². The van der Waals surface area contributed by atoms with Crippen molar-refractivity contribution in [3.8, 4) is 11.5 Å². The van der Waals surface area contributed by atoms with Gasteiger partial charge in [0, 0.05) is 6.26 Å². The van der Waals surface area contributed by atoms with Crippen LogP contribution in [0, 0.1) is 0 Å². The summed E-state index contributed by atoms with van der Waals surface area (Å²) >= 11 is 0. The second kappa shape index (κ2) is 8.18. The van der Waals surface area contributed by atoms with Crippen molar-refractivity contribution in [2.75, 3.05) is 18.7 Å². The van der Waals surface area contributed by atoms with Gasteiger partial charge in [-0.1, -0.05) is 24.3 Å². The summed E-state index contributed by atoms with van der Waals surface area (Å²) < 4.78 is 40.1. The fourth-order valence-corrected chi connectivity index (χ4v) is 3.39. The van der Waals surface area contributed by atoms with E-state index in [0.717, 1.165) is 6.26 Å². The maximum Gasteiger partial charge on any atom is 0.291 e. The number of carbonyl (C=O) groups excluding carboxylic acids is 1. The zero-order valence-corrected chi connectivity index (χ0v) is 16.2. The number of sulfone groups is 1. The molecule has 0 saturated heterocycles. The van der Waals surface area contributed by atoms with Gasteiger partial charge in [0.1, 0.15) is 12.4 Å². The van der Waals surface area contributed by atoms with Crippen LogP contribution >= 0.6 is 0 Å². The third kappa shape index (κ3) is 4.52. The molecule has 1 N–H and O–H groups in total. The number of para-hydroxylation sites is 3. The van der Waals surface area contributed by atoms with Gasteiger partial charge in [0.05, 0.1) is 17.7 Å². The molecule has 3 rings (SSSR count). The van der Waals surface area contributed by atoms with Gasteiger partial charge in [0.2, 0.25) is 0 Å². The molecule has 0 saturated carbocycles. The number of benzene rings is 2. The van der Waals surface area contributed by atoms with Gasteiger partial charge in [-0.3, -0.25) is 4.79 Å². The van der Waals surface area contributed by atoms with E-state index in [1.165, 1.54) is 18.2 Å². The Hall–Kier alpha value is -3.26. The summed E-state index contributed by atoms with van der Waals surface area (Å²) in [5, 5.41) is 2.57. The minimum atomic E-state index is -3.48. The Balaban J connectivity index is 1.70. The second-order valence-corrected chi connectivity index (χ2v) is 7.91. The molecule has 2 aromatic carbocycles. The molecule has 0 aliphatic heterocycles. The molecule has 28 heavy (non-hydrogen) atoms. The number of methoxy groups -OCH3 is 1. The van der Waals surface area contributed by atoms with E-state index >= 15 is 0 Å². The van der Waals surface area contributed by atoms with Crippen molar-refractivity contribution in [1.82, 2.24) is 0 Å². The highest BCUT2D eigenvalue weighted by Gasteiger charge is 2.17. The molecule has 1 aromatic heterocycles. The average Bonchev–Trinajstić information content (AvgIpc) is 3.15. The molecule has 0 aliphatic carbocycles. The van der Waals surface area contributed by atoms with Crippen LogP contribution in [0.15, 0.2) is 70.0 Å². The van der Waals surface area contributed by atoms with Crippen molar-refractivity contribution in [3.05, 3.63) is 72.2 Å². The molecule has 8 heteroatoms. The normalized spacial score (nSPS) is 11.1. The minimum absolute atomic E-state index is 0.0367. The van der Waals surface area contributed by atoms with Crippen LogP contribution in [0.25, 0.3) is 0 Å². The summed E-state index contributed by atoms with van der Waals surface area (Å²) in [6, 6.07) is 16.5. The molecule has 0 spiro atoms. The van der Waals surface area contributed by atoms with E-state index in [-0.39, 0.29) is 22.9 Å². The van der Waals surface area contributed by atoms with E-state index < -0.39 is 15.7 Å². The number of rotatable bonds is 7. The van der Waals surface area contributed by atoms with Gasteiger partial charge in [-0.05, 0) is 36.4 Å². The summed E-state index contributed by atoms with van der Waals surface area (Å²) in [5.74, 6) is 1.06. The second-order valence-electron chi connectivity index (χ2n) is 5.93. The predicted octanol–water partition coefficient (Wildman–Crippen LogP) is 3.52. The first-order chi connectivity index (χ1) is 13.4. The van der Waals surface area contributed by atoms with Crippen LogP contribution in [-0.4, -0.2) is 27.7 Å². The lowest BCUT2D eigenvalue weighted by atomic mass is 10.3. The smallest absolute Gasteiger partial charge is 0.291 e. The first-order valence-corrected chi connectivity index (χ1v) is 10.2. The molecule has 0 fully saturated rings. The van der Waals surface area contributed by atoms with Gasteiger partial charge in [-0.25, -0.2) is 8.42 Å². The molecule has 0 radical (unpaired) electrons. The summed E-state index contributed by atoms with van der Waals surface area (Å²) in [7, 11) is -1.93. The van der Waals surface area contributed by atoms with Crippen LogP contribution in [0.2, 0.25) is 0 Å². The fraction of sp³-hybridized carbons (Fsp3) is 0.150. The van der Waals surface area contributed by atoms with Crippen LogP contribution < -0.4 is 14.8 Å². The highest BCUT2D eigenvalue weighted by molar-refractivity contribution is 7.90. The number of carbonyl (C=O) groups is 1. The van der Waals surface area contributed by atoms with Crippen LogP contribution in [-0.2, 0) is 16.4 Å². The van der Waals surface area contributed by atoms with E-state index in [2.05, 4.69) is 5.32 Å². The highest BCUT2D eigenvalue weighted by Crippen LogP contribution is 2.27. The predicted molar refractivity (Wildman–Crippen MR) is 104 cm³/mol. The standard InChI is InChI=1S/C20H19NO6S/c1-25-16-8-4-5-9-17(16)26-13-14-11-12-18(27-14)20(22)21-15-7-3-6-10-19(15)28(2,23)24/h3-12H,13H2,1-2H3,(H,21,22). The number of amides is 1. The third-order valence-corrected chi connectivity index (χ3v) is 5.01. The van der Waals surface area contributed by atoms with Crippen molar-refractivity contribution in [2.45, 2.75) is 11.5 Å². The lowest BCUT2D eigenvalue weighted by Gasteiger charge is -2.09. The van der Waals surface area contributed by atoms with Crippen molar-refractivity contribution < 1.29 is 27.1 Å². The summed E-state index contributed by atoms with van der Waals surface area (Å²) in [5.41, 5.74) is 0.193. The zero-order chi connectivity index (χ0) is 20.1. The largest absolute Gasteiger partial charge is 0.493 e. The Kier molecular flexibility index (Phi) is 5.70. The monoisotopic (exact) mass is 401 g/mol. The molecular weight excluding hydrogens is 382 g/mol. The molecule has 0 atom stereocenters. The van der Waals surface area contributed by atoms with Crippen molar-refractivity contribution in [2.24, 2.45) is 0 Å². The first-order valence-electron chi connectivity index (χ1n) is 8.33. The maximum atomic E-state index is 12.4. The van der Waals surface area contributed by atoms with Crippen molar-refractivity contribution in [1.29, 1.82) is 0 Å². The number of nitrogens with one attached hydrogen (secondary N) is 1. The number of hydrogen-bond donors (Lipinski definition) is 1. The number of ether oxygens (including phenoxy) is 2. The number of hydrogen-bond acceptors (Lipinski definition) is 6. The summed E-state index contributed by atoms with van der Waals surface area (Å²) in [6.07, 6.45) is 1.08. The van der Waals surface area contributed by atoms with Gasteiger partial charge >= 0.3 is 0 Å². The molecule has 0 bridgehead atoms. The van der Waals surface area contributed by atoms with Crippen molar-refractivity contribution >= 4 is 21.4 Å². The van der Waals surface area contributed by atoms with E-state index in [1.54, 1.807) is 37.4 Å². The van der Waals surface area contributed by atoms with E-state index in [1.807, 2.05) is 12.1 Å². The average molecular weight is 401 g/mol. The third-order valence-electron chi connectivity index (χ3n) is 3.86. The van der Waals surface area contributed by atoms with Gasteiger partial charge in [0.15, 0.2) is 27.1 Å². The first kappa shape index (κ1) is 19.5.